The van der Waals surface area contributed by atoms with Crippen molar-refractivity contribution in [1.82, 2.24) is 0 Å². The van der Waals surface area contributed by atoms with Crippen molar-refractivity contribution in [2.45, 2.75) is 91.1 Å². The summed E-state index contributed by atoms with van der Waals surface area (Å²) in [5, 5.41) is 0.0547. The molecule has 0 saturated carbocycles. The average Bonchev–Trinajstić information content (AvgIpc) is 2.87. The Hall–Kier alpha value is -2.72. The highest BCUT2D eigenvalue weighted by Gasteiger charge is 2.38. The number of carbonyl (C=O) groups is 2. The van der Waals surface area contributed by atoms with Crippen LogP contribution in [0.3, 0.4) is 0 Å². The zero-order chi connectivity index (χ0) is 31.1. The van der Waals surface area contributed by atoms with Gasteiger partial charge in [-0.25, -0.2) is 4.79 Å². The summed E-state index contributed by atoms with van der Waals surface area (Å²) in [6.07, 6.45) is 7.05. The third-order valence-electron chi connectivity index (χ3n) is 6.74. The highest BCUT2D eigenvalue weighted by Crippen LogP contribution is 2.38. The smallest absolute Gasteiger partial charge is 0.342 e. The van der Waals surface area contributed by atoms with Gasteiger partial charge >= 0.3 is 5.97 Å². The Labute approximate surface area is 247 Å². The van der Waals surface area contributed by atoms with Crippen LogP contribution in [0.4, 0.5) is 0 Å². The Balaban J connectivity index is 3.29. The van der Waals surface area contributed by atoms with E-state index in [-0.39, 0.29) is 48.2 Å². The third-order valence-corrected chi connectivity index (χ3v) is 11.2. The van der Waals surface area contributed by atoms with Crippen molar-refractivity contribution in [3.63, 3.8) is 0 Å². The summed E-state index contributed by atoms with van der Waals surface area (Å²) in [6, 6.07) is 3.21. The highest BCUT2D eigenvalue weighted by atomic mass is 28.4. The van der Waals surface area contributed by atoms with Gasteiger partial charge in [0.15, 0.2) is 27.7 Å². The van der Waals surface area contributed by atoms with Crippen LogP contribution in [-0.2, 0) is 29.9 Å². The summed E-state index contributed by atoms with van der Waals surface area (Å²) >= 11 is 0. The summed E-state index contributed by atoms with van der Waals surface area (Å²) in [4.78, 5) is 26.4. The van der Waals surface area contributed by atoms with E-state index in [1.54, 1.807) is 37.3 Å². The molecule has 0 bridgehead atoms. The van der Waals surface area contributed by atoms with Crippen molar-refractivity contribution in [3.8, 4) is 11.5 Å². The van der Waals surface area contributed by atoms with Crippen molar-refractivity contribution < 1.29 is 37.7 Å². The van der Waals surface area contributed by atoms with Crippen LogP contribution in [0.25, 0.3) is 0 Å². The van der Waals surface area contributed by atoms with Gasteiger partial charge in [-0.15, -0.1) is 13.2 Å². The first kappa shape index (κ1) is 36.3. The minimum absolute atomic E-state index is 0.00597. The highest BCUT2D eigenvalue weighted by molar-refractivity contribution is 6.74. The van der Waals surface area contributed by atoms with Gasteiger partial charge in [0.1, 0.15) is 23.2 Å². The minimum Gasteiger partial charge on any atom is -0.467 e. The summed E-state index contributed by atoms with van der Waals surface area (Å²) in [7, 11) is -2.00. The van der Waals surface area contributed by atoms with Gasteiger partial charge in [-0.3, -0.25) is 4.79 Å². The Morgan fingerprint density at radius 3 is 2.20 bits per heavy atom. The molecule has 0 aromatic heterocycles. The molecule has 0 amide bonds. The van der Waals surface area contributed by atoms with E-state index in [0.29, 0.717) is 37.4 Å². The molecule has 0 aliphatic carbocycles. The first-order valence-corrected chi connectivity index (χ1v) is 17.1. The molecule has 0 aliphatic rings. The zero-order valence-corrected chi connectivity index (χ0v) is 27.2. The quantitative estimate of drug-likeness (QED) is 0.0394. The van der Waals surface area contributed by atoms with Crippen molar-refractivity contribution >= 4 is 20.1 Å². The number of ether oxygens (including phenoxy) is 5. The second-order valence-electron chi connectivity index (χ2n) is 11.1. The first-order valence-electron chi connectivity index (χ1n) is 14.2. The number of ketones is 1. The van der Waals surface area contributed by atoms with E-state index in [9.17, 15) is 9.59 Å². The summed E-state index contributed by atoms with van der Waals surface area (Å²) < 4.78 is 34.2. The fourth-order valence-electron chi connectivity index (χ4n) is 3.45. The number of rotatable bonds is 20. The monoisotopic (exact) mass is 590 g/mol. The number of benzene rings is 1. The molecule has 0 saturated heterocycles. The lowest BCUT2D eigenvalue weighted by Gasteiger charge is -2.38. The van der Waals surface area contributed by atoms with Crippen molar-refractivity contribution in [2.75, 3.05) is 26.8 Å². The van der Waals surface area contributed by atoms with Gasteiger partial charge < -0.3 is 28.1 Å². The maximum Gasteiger partial charge on any atom is 0.342 e. The minimum atomic E-state index is -2.00. The molecule has 2 atom stereocenters. The second-order valence-corrected chi connectivity index (χ2v) is 15.9. The number of allylic oxidation sites excluding steroid dienone is 1. The van der Waals surface area contributed by atoms with Gasteiger partial charge in [0.2, 0.25) is 0 Å². The molecule has 0 heterocycles. The Kier molecular flexibility index (Phi) is 15.9. The van der Waals surface area contributed by atoms with Gasteiger partial charge in [-0.1, -0.05) is 39.0 Å². The van der Waals surface area contributed by atoms with E-state index in [1.807, 2.05) is 13.8 Å². The van der Waals surface area contributed by atoms with Gasteiger partial charge in [0.25, 0.3) is 0 Å². The largest absolute Gasteiger partial charge is 0.467 e. The van der Waals surface area contributed by atoms with Crippen molar-refractivity contribution in [1.29, 1.82) is 0 Å². The molecule has 8 nitrogen and oxygen atoms in total. The number of carbonyl (C=O) groups excluding carboxylic acids is 2. The Morgan fingerprint density at radius 2 is 1.63 bits per heavy atom. The van der Waals surface area contributed by atoms with Crippen LogP contribution in [0.5, 0.6) is 11.5 Å². The van der Waals surface area contributed by atoms with Gasteiger partial charge in [0, 0.05) is 32.1 Å². The Morgan fingerprint density at radius 1 is 1.00 bits per heavy atom. The van der Waals surface area contributed by atoms with Gasteiger partial charge in [-0.2, -0.15) is 0 Å². The van der Waals surface area contributed by atoms with E-state index in [1.165, 1.54) is 6.08 Å². The van der Waals surface area contributed by atoms with Crippen molar-refractivity contribution in [2.24, 2.45) is 0 Å². The molecular weight excluding hydrogens is 540 g/mol. The molecule has 0 fully saturated rings. The fourth-order valence-corrected chi connectivity index (χ4v) is 4.75. The number of hydrogen-bond acceptors (Lipinski definition) is 8. The topological polar surface area (TPSA) is 89.5 Å². The predicted octanol–water partition coefficient (Wildman–Crippen LogP) is 7.19. The van der Waals surface area contributed by atoms with Crippen LogP contribution in [0.2, 0.25) is 18.1 Å². The summed E-state index contributed by atoms with van der Waals surface area (Å²) in [5.41, 5.74) is 0.560. The number of esters is 1. The lowest BCUT2D eigenvalue weighted by Crippen LogP contribution is -2.43. The second kappa shape index (κ2) is 18.0. The number of hydrogen-bond donors (Lipinski definition) is 0. The van der Waals surface area contributed by atoms with Crippen LogP contribution in [-0.4, -0.2) is 59.1 Å². The Bertz CT molecular complexity index is 1030. The maximum atomic E-state index is 13.3. The molecule has 41 heavy (non-hydrogen) atoms. The third kappa shape index (κ3) is 12.8. The van der Waals surface area contributed by atoms with Crippen molar-refractivity contribution in [3.05, 3.63) is 60.7 Å². The average molecular weight is 591 g/mol. The van der Waals surface area contributed by atoms with Crippen LogP contribution < -0.4 is 9.47 Å². The molecule has 0 spiro atoms. The molecule has 0 N–H and O–H groups in total. The zero-order valence-electron chi connectivity index (χ0n) is 26.2. The molecule has 0 aliphatic heterocycles. The standard InChI is InChI=1S/C32H50O8Si/c1-11-16-24(5)39-31(34)30-25(20-28(37-22-35-13-3)21-29(30)38-23-36-14-4)19-26(33)17-15-18-27(12-2)40-41(9,10)32(6,7)8/h11-12,15,17,20-21,24,27H,1-2,13-14,16,18-19,22-23H2,3-10H3/b17-15-/t24-,27-/m1/s1. The molecule has 1 rings (SSSR count). The summed E-state index contributed by atoms with van der Waals surface area (Å²) in [5.74, 6) is -0.221. The van der Waals surface area contributed by atoms with E-state index in [2.05, 4.69) is 47.0 Å². The van der Waals surface area contributed by atoms with E-state index in [0.717, 1.165) is 0 Å². The van der Waals surface area contributed by atoms with Crippen LogP contribution in [0, 0.1) is 0 Å². The fraction of sp³-hybridized carbons (Fsp3) is 0.562. The molecular formula is C32H50O8Si. The molecule has 230 valence electrons. The van der Waals surface area contributed by atoms with Crippen LogP contribution in [0.15, 0.2) is 49.6 Å². The predicted molar refractivity (Wildman–Crippen MR) is 165 cm³/mol. The first-order chi connectivity index (χ1) is 19.3. The van der Waals surface area contributed by atoms with Crippen LogP contribution >= 0.6 is 0 Å². The normalized spacial score (nSPS) is 13.5. The molecule has 1 aromatic rings. The lowest BCUT2D eigenvalue weighted by molar-refractivity contribution is -0.114. The molecule has 9 heteroatoms. The molecule has 0 unspecified atom stereocenters. The maximum absolute atomic E-state index is 13.3. The summed E-state index contributed by atoms with van der Waals surface area (Å²) in [6.45, 7) is 24.8. The SMILES string of the molecule is C=CC[C@@H](C)OC(=O)c1c(CC(=O)/C=C\C[C@@H](C=C)O[Si](C)(C)C(C)(C)C)cc(OCOCC)cc1OCOCC. The van der Waals surface area contributed by atoms with E-state index < -0.39 is 20.4 Å². The van der Waals surface area contributed by atoms with Crippen LogP contribution in [0.1, 0.15) is 70.3 Å². The van der Waals surface area contributed by atoms with E-state index in [4.69, 9.17) is 28.1 Å². The molecule has 1 aromatic carbocycles. The van der Waals surface area contributed by atoms with E-state index >= 15 is 0 Å². The molecule has 0 radical (unpaired) electrons. The van der Waals surface area contributed by atoms with Gasteiger partial charge in [0.05, 0.1) is 6.10 Å². The lowest BCUT2D eigenvalue weighted by atomic mass is 10.00. The van der Waals surface area contributed by atoms with Gasteiger partial charge in [-0.05, 0) is 63.0 Å².